The van der Waals surface area contributed by atoms with Crippen molar-refractivity contribution in [1.29, 1.82) is 0 Å². The number of amides is 1. The first-order chi connectivity index (χ1) is 8.81. The maximum absolute atomic E-state index is 13.3. The van der Waals surface area contributed by atoms with Gasteiger partial charge < -0.3 is 15.2 Å². The zero-order valence-corrected chi connectivity index (χ0v) is 9.69. The number of hydrogen-bond acceptors (Lipinski definition) is 3. The highest BCUT2D eigenvalue weighted by atomic mass is 19.3. The number of halogens is 3. The van der Waals surface area contributed by atoms with Crippen LogP contribution < -0.4 is 10.1 Å². The third kappa shape index (κ3) is 4.16. The minimum absolute atomic E-state index is 0.0581. The zero-order valence-electron chi connectivity index (χ0n) is 9.69. The molecule has 0 aliphatic rings. The summed E-state index contributed by atoms with van der Waals surface area (Å²) < 4.78 is 40.9. The Morgan fingerprint density at radius 2 is 2.00 bits per heavy atom. The van der Waals surface area contributed by atoms with E-state index in [1.807, 2.05) is 0 Å². The molecule has 1 unspecified atom stereocenters. The second-order valence-electron chi connectivity index (χ2n) is 3.57. The minimum Gasteiger partial charge on any atom is -0.481 e. The van der Waals surface area contributed by atoms with E-state index in [4.69, 9.17) is 5.11 Å². The molecule has 0 aliphatic heterocycles. The van der Waals surface area contributed by atoms with Crippen LogP contribution in [0.4, 0.5) is 18.9 Å². The molecule has 0 saturated heterocycles. The van der Waals surface area contributed by atoms with E-state index in [1.165, 1.54) is 0 Å². The summed E-state index contributed by atoms with van der Waals surface area (Å²) in [6.07, 6.45) is 0. The van der Waals surface area contributed by atoms with Crippen molar-refractivity contribution < 1.29 is 32.6 Å². The first-order valence-corrected chi connectivity index (χ1v) is 5.09. The summed E-state index contributed by atoms with van der Waals surface area (Å²) >= 11 is 0. The zero-order chi connectivity index (χ0) is 14.6. The average molecular weight is 277 g/mol. The molecule has 8 heteroatoms. The number of carboxylic acids is 1. The van der Waals surface area contributed by atoms with E-state index in [0.29, 0.717) is 0 Å². The Morgan fingerprint density at radius 1 is 1.37 bits per heavy atom. The van der Waals surface area contributed by atoms with Crippen LogP contribution in [0.5, 0.6) is 5.75 Å². The lowest BCUT2D eigenvalue weighted by Gasteiger charge is -2.10. The van der Waals surface area contributed by atoms with Crippen molar-refractivity contribution in [2.24, 2.45) is 5.92 Å². The molecule has 104 valence electrons. The number of aliphatic carboxylic acids is 1. The van der Waals surface area contributed by atoms with Gasteiger partial charge in [-0.3, -0.25) is 9.59 Å². The molecule has 19 heavy (non-hydrogen) atoms. The van der Waals surface area contributed by atoms with Crippen molar-refractivity contribution in [2.75, 3.05) is 5.32 Å². The number of ether oxygens (including phenoxy) is 1. The van der Waals surface area contributed by atoms with Gasteiger partial charge >= 0.3 is 12.6 Å². The lowest BCUT2D eigenvalue weighted by molar-refractivity contribution is -0.144. The lowest BCUT2D eigenvalue weighted by Crippen LogP contribution is -2.26. The van der Waals surface area contributed by atoms with Crippen LogP contribution >= 0.6 is 0 Å². The molecule has 1 amide bonds. The van der Waals surface area contributed by atoms with Crippen LogP contribution in [0.2, 0.25) is 0 Å². The summed E-state index contributed by atoms with van der Waals surface area (Å²) in [5.41, 5.74) is -0.0581. The Balaban J connectivity index is 2.79. The summed E-state index contributed by atoms with van der Waals surface area (Å²) in [5.74, 6) is -5.27. The second-order valence-corrected chi connectivity index (χ2v) is 3.57. The first kappa shape index (κ1) is 14.8. The molecule has 0 spiro atoms. The summed E-state index contributed by atoms with van der Waals surface area (Å²) in [4.78, 5) is 21.9. The fourth-order valence-corrected chi connectivity index (χ4v) is 1.13. The third-order valence-corrected chi connectivity index (χ3v) is 2.18. The molecule has 0 radical (unpaired) electrons. The van der Waals surface area contributed by atoms with Gasteiger partial charge in [0.25, 0.3) is 0 Å². The molecular formula is C11H10F3NO4. The van der Waals surface area contributed by atoms with Gasteiger partial charge in [0.2, 0.25) is 5.91 Å². The minimum atomic E-state index is -3.16. The monoisotopic (exact) mass is 277 g/mol. The van der Waals surface area contributed by atoms with E-state index < -0.39 is 36.0 Å². The van der Waals surface area contributed by atoms with Crippen LogP contribution in [0.3, 0.4) is 0 Å². The maximum atomic E-state index is 13.3. The highest BCUT2D eigenvalue weighted by molar-refractivity contribution is 6.03. The number of nitrogens with one attached hydrogen (secondary N) is 1. The van der Waals surface area contributed by atoms with Crippen LogP contribution in [-0.2, 0) is 9.59 Å². The fraction of sp³-hybridized carbons (Fsp3) is 0.273. The number of benzene rings is 1. The predicted octanol–water partition coefficient (Wildman–Crippen LogP) is 2.09. The molecular weight excluding hydrogens is 267 g/mol. The fourth-order valence-electron chi connectivity index (χ4n) is 1.13. The van der Waals surface area contributed by atoms with E-state index >= 15 is 0 Å². The van der Waals surface area contributed by atoms with Crippen molar-refractivity contribution in [2.45, 2.75) is 13.5 Å². The number of carbonyl (C=O) groups excluding carboxylic acids is 1. The molecule has 0 aromatic heterocycles. The molecule has 0 heterocycles. The van der Waals surface area contributed by atoms with Gasteiger partial charge in [-0.1, -0.05) is 0 Å². The summed E-state index contributed by atoms with van der Waals surface area (Å²) in [7, 11) is 0. The lowest BCUT2D eigenvalue weighted by atomic mass is 10.1. The molecule has 0 aliphatic carbocycles. The standard InChI is InChI=1S/C11H10F3NO4/c1-5(10(17)18)9(16)15-6-2-3-8(7(12)4-6)19-11(13)14/h2-5,11H,1H3,(H,15,16)(H,17,18). The molecule has 1 rings (SSSR count). The van der Waals surface area contributed by atoms with Gasteiger partial charge in [-0.25, -0.2) is 4.39 Å². The Morgan fingerprint density at radius 3 is 2.47 bits per heavy atom. The molecule has 1 aromatic carbocycles. The first-order valence-electron chi connectivity index (χ1n) is 5.09. The van der Waals surface area contributed by atoms with Crippen molar-refractivity contribution in [3.05, 3.63) is 24.0 Å². The summed E-state index contributed by atoms with van der Waals surface area (Å²) in [5, 5.41) is 10.7. The van der Waals surface area contributed by atoms with E-state index in [2.05, 4.69) is 10.1 Å². The Hall–Kier alpha value is -2.25. The van der Waals surface area contributed by atoms with Gasteiger partial charge in [0.05, 0.1) is 0 Å². The van der Waals surface area contributed by atoms with Crippen molar-refractivity contribution in [3.8, 4) is 5.75 Å². The number of alkyl halides is 2. The van der Waals surface area contributed by atoms with E-state index in [1.54, 1.807) is 0 Å². The van der Waals surface area contributed by atoms with Crippen LogP contribution in [0.25, 0.3) is 0 Å². The molecule has 0 bridgehead atoms. The molecule has 1 atom stereocenters. The SMILES string of the molecule is CC(C(=O)O)C(=O)Nc1ccc(OC(F)F)c(F)c1. The maximum Gasteiger partial charge on any atom is 0.387 e. The number of anilines is 1. The van der Waals surface area contributed by atoms with E-state index in [9.17, 15) is 22.8 Å². The quantitative estimate of drug-likeness (QED) is 0.808. The third-order valence-electron chi connectivity index (χ3n) is 2.18. The topological polar surface area (TPSA) is 75.6 Å². The Kier molecular flexibility index (Phi) is 4.74. The second kappa shape index (κ2) is 6.07. The highest BCUT2D eigenvalue weighted by Gasteiger charge is 2.21. The normalized spacial score (nSPS) is 12.1. The van der Waals surface area contributed by atoms with Gasteiger partial charge in [0, 0.05) is 11.8 Å². The van der Waals surface area contributed by atoms with E-state index in [-0.39, 0.29) is 5.69 Å². The van der Waals surface area contributed by atoms with Gasteiger partial charge in [0.1, 0.15) is 5.92 Å². The smallest absolute Gasteiger partial charge is 0.387 e. The summed E-state index contributed by atoms with van der Waals surface area (Å²) in [6, 6.07) is 2.78. The van der Waals surface area contributed by atoms with E-state index in [0.717, 1.165) is 25.1 Å². The van der Waals surface area contributed by atoms with Crippen molar-refractivity contribution in [3.63, 3.8) is 0 Å². The molecule has 0 saturated carbocycles. The number of rotatable bonds is 5. The molecule has 1 aromatic rings. The summed E-state index contributed by atoms with van der Waals surface area (Å²) in [6.45, 7) is -2.01. The average Bonchev–Trinajstić information content (AvgIpc) is 2.31. The number of carboxylic acid groups (broad SMARTS) is 1. The number of carbonyl (C=O) groups is 2. The van der Waals surface area contributed by atoms with Crippen molar-refractivity contribution in [1.82, 2.24) is 0 Å². The van der Waals surface area contributed by atoms with Crippen LogP contribution in [0, 0.1) is 11.7 Å². The molecule has 0 fully saturated rings. The van der Waals surface area contributed by atoms with Crippen molar-refractivity contribution >= 4 is 17.6 Å². The van der Waals surface area contributed by atoms with Crippen LogP contribution in [-0.4, -0.2) is 23.6 Å². The highest BCUT2D eigenvalue weighted by Crippen LogP contribution is 2.23. The Bertz CT molecular complexity index is 493. The van der Waals surface area contributed by atoms with Crippen LogP contribution in [0.15, 0.2) is 18.2 Å². The molecule has 2 N–H and O–H groups in total. The van der Waals surface area contributed by atoms with Gasteiger partial charge in [0.15, 0.2) is 11.6 Å². The molecule has 5 nitrogen and oxygen atoms in total. The van der Waals surface area contributed by atoms with Gasteiger partial charge in [-0.2, -0.15) is 8.78 Å². The number of hydrogen-bond donors (Lipinski definition) is 2. The predicted molar refractivity (Wildman–Crippen MR) is 58.5 cm³/mol. The van der Waals surface area contributed by atoms with Gasteiger partial charge in [-0.05, 0) is 19.1 Å². The van der Waals surface area contributed by atoms with Gasteiger partial charge in [-0.15, -0.1) is 0 Å². The largest absolute Gasteiger partial charge is 0.481 e. The Labute approximate surface area is 106 Å². The van der Waals surface area contributed by atoms with Crippen LogP contribution in [0.1, 0.15) is 6.92 Å².